The lowest BCUT2D eigenvalue weighted by molar-refractivity contribution is 0.0947. The first-order valence-corrected chi connectivity index (χ1v) is 9.20. The highest BCUT2D eigenvalue weighted by Crippen LogP contribution is 2.33. The maximum atomic E-state index is 12.4. The van der Waals surface area contributed by atoms with Gasteiger partial charge in [-0.15, -0.1) is 11.3 Å². The minimum atomic E-state index is -0.203. The van der Waals surface area contributed by atoms with Crippen molar-refractivity contribution in [1.29, 1.82) is 0 Å². The van der Waals surface area contributed by atoms with Crippen molar-refractivity contribution in [2.45, 2.75) is 6.54 Å². The van der Waals surface area contributed by atoms with Gasteiger partial charge in [0.15, 0.2) is 22.3 Å². The Morgan fingerprint density at radius 3 is 2.89 bits per heavy atom. The van der Waals surface area contributed by atoms with E-state index in [2.05, 4.69) is 10.3 Å². The number of aromatic nitrogens is 1. The van der Waals surface area contributed by atoms with Gasteiger partial charge in [0.05, 0.1) is 16.8 Å². The summed E-state index contributed by atoms with van der Waals surface area (Å²) in [6.45, 7) is 0.472. The monoisotopic (exact) mass is 378 g/mol. The number of hydrogen-bond donors (Lipinski definition) is 1. The summed E-state index contributed by atoms with van der Waals surface area (Å²) >= 11 is 1.58. The van der Waals surface area contributed by atoms with Crippen LogP contribution in [0.2, 0.25) is 0 Å². The lowest BCUT2D eigenvalue weighted by Crippen LogP contribution is -2.22. The van der Waals surface area contributed by atoms with Gasteiger partial charge in [-0.05, 0) is 42.5 Å². The molecular formula is C20H14N2O4S. The average Bonchev–Trinajstić information content (AvgIpc) is 3.43. The molecule has 1 N–H and O–H groups in total. The second-order valence-electron chi connectivity index (χ2n) is 6.00. The number of nitrogens with zero attached hydrogens (tertiary/aromatic N) is 1. The Morgan fingerprint density at radius 1 is 1.07 bits per heavy atom. The summed E-state index contributed by atoms with van der Waals surface area (Å²) in [4.78, 5) is 16.9. The number of thiazole rings is 1. The Morgan fingerprint density at radius 2 is 1.96 bits per heavy atom. The molecule has 2 aromatic carbocycles. The van der Waals surface area contributed by atoms with Crippen LogP contribution in [0.5, 0.6) is 11.5 Å². The van der Waals surface area contributed by atoms with Crippen LogP contribution in [-0.2, 0) is 6.54 Å². The van der Waals surface area contributed by atoms with Gasteiger partial charge in [0.1, 0.15) is 5.76 Å². The molecule has 6 nitrogen and oxygen atoms in total. The smallest absolute Gasteiger partial charge is 0.251 e. The van der Waals surface area contributed by atoms with E-state index < -0.39 is 0 Å². The van der Waals surface area contributed by atoms with E-state index in [9.17, 15) is 4.79 Å². The number of nitrogens with one attached hydrogen (secondary N) is 1. The first kappa shape index (κ1) is 15.9. The quantitative estimate of drug-likeness (QED) is 0.576. The molecule has 0 spiro atoms. The summed E-state index contributed by atoms with van der Waals surface area (Å²) in [5, 5.41) is 3.68. The number of ether oxygens (including phenoxy) is 2. The summed E-state index contributed by atoms with van der Waals surface area (Å²) in [5.41, 5.74) is 1.46. The zero-order valence-electron chi connectivity index (χ0n) is 14.1. The standard InChI is InChI=1S/C20H14N2O4S/c23-19(12-5-7-15-17(9-12)25-11-24-15)21-10-13-6-8-16(26-13)20-22-14-3-1-2-4-18(14)27-20/h1-9H,10-11H2,(H,21,23). The second kappa shape index (κ2) is 6.44. The van der Waals surface area contributed by atoms with Gasteiger partial charge in [-0.3, -0.25) is 4.79 Å². The molecule has 0 radical (unpaired) electrons. The van der Waals surface area contributed by atoms with Crippen LogP contribution in [0.15, 0.2) is 59.0 Å². The van der Waals surface area contributed by atoms with E-state index in [1.54, 1.807) is 29.5 Å². The highest BCUT2D eigenvalue weighted by atomic mass is 32.1. The largest absolute Gasteiger partial charge is 0.457 e. The van der Waals surface area contributed by atoms with Crippen molar-refractivity contribution in [2.24, 2.45) is 0 Å². The molecule has 0 saturated heterocycles. The highest BCUT2D eigenvalue weighted by molar-refractivity contribution is 7.21. The molecule has 1 aliphatic rings. The zero-order valence-corrected chi connectivity index (χ0v) is 14.9. The Hall–Kier alpha value is -3.32. The molecule has 1 aliphatic heterocycles. The number of rotatable bonds is 4. The van der Waals surface area contributed by atoms with E-state index in [4.69, 9.17) is 13.9 Å². The maximum Gasteiger partial charge on any atom is 0.251 e. The normalized spacial score (nSPS) is 12.4. The lowest BCUT2D eigenvalue weighted by atomic mass is 10.2. The number of para-hydroxylation sites is 1. The molecule has 4 aromatic rings. The van der Waals surface area contributed by atoms with Crippen molar-refractivity contribution in [2.75, 3.05) is 6.79 Å². The van der Waals surface area contributed by atoms with Crippen LogP contribution < -0.4 is 14.8 Å². The summed E-state index contributed by atoms with van der Waals surface area (Å²) in [6, 6.07) is 16.8. The SMILES string of the molecule is O=C(NCc1ccc(-c2nc3ccccc3s2)o1)c1ccc2c(c1)OCO2. The molecule has 2 aromatic heterocycles. The number of furan rings is 1. The first-order chi connectivity index (χ1) is 13.3. The zero-order chi connectivity index (χ0) is 18.2. The molecule has 1 amide bonds. The van der Waals surface area contributed by atoms with Crippen molar-refractivity contribution >= 4 is 27.5 Å². The van der Waals surface area contributed by atoms with Crippen LogP contribution >= 0.6 is 11.3 Å². The molecule has 3 heterocycles. The molecule has 0 unspecified atom stereocenters. The molecule has 134 valence electrons. The molecule has 0 fully saturated rings. The molecule has 0 aliphatic carbocycles. The van der Waals surface area contributed by atoms with Gasteiger partial charge in [0, 0.05) is 5.56 Å². The van der Waals surface area contributed by atoms with Crippen LogP contribution in [0.4, 0.5) is 0 Å². The van der Waals surface area contributed by atoms with Crippen molar-refractivity contribution < 1.29 is 18.7 Å². The van der Waals surface area contributed by atoms with Gasteiger partial charge < -0.3 is 19.2 Å². The van der Waals surface area contributed by atoms with E-state index in [1.165, 1.54) is 0 Å². The molecule has 0 bridgehead atoms. The van der Waals surface area contributed by atoms with Crippen LogP contribution in [0.3, 0.4) is 0 Å². The van der Waals surface area contributed by atoms with Crippen molar-refractivity contribution in [3.8, 4) is 22.3 Å². The number of carbonyl (C=O) groups is 1. The predicted molar refractivity (Wildman–Crippen MR) is 101 cm³/mol. The van der Waals surface area contributed by atoms with Gasteiger partial charge in [0.25, 0.3) is 5.91 Å². The number of benzene rings is 2. The van der Waals surface area contributed by atoms with E-state index in [0.717, 1.165) is 15.2 Å². The Bertz CT molecular complexity index is 1110. The summed E-state index contributed by atoms with van der Waals surface area (Å²) in [5.74, 6) is 2.39. The third-order valence-electron chi connectivity index (χ3n) is 4.22. The fourth-order valence-corrected chi connectivity index (χ4v) is 3.80. The Balaban J connectivity index is 1.28. The molecule has 5 rings (SSSR count). The minimum Gasteiger partial charge on any atom is -0.457 e. The minimum absolute atomic E-state index is 0.182. The van der Waals surface area contributed by atoms with Gasteiger partial charge >= 0.3 is 0 Å². The van der Waals surface area contributed by atoms with E-state index in [-0.39, 0.29) is 19.2 Å². The molecule has 27 heavy (non-hydrogen) atoms. The fraction of sp³-hybridized carbons (Fsp3) is 0.100. The topological polar surface area (TPSA) is 73.6 Å². The fourth-order valence-electron chi connectivity index (χ4n) is 2.87. The molecule has 0 atom stereocenters. The summed E-state index contributed by atoms with van der Waals surface area (Å²) in [7, 11) is 0. The van der Waals surface area contributed by atoms with Gasteiger partial charge in [0.2, 0.25) is 6.79 Å². The van der Waals surface area contributed by atoms with Crippen molar-refractivity contribution in [3.63, 3.8) is 0 Å². The third-order valence-corrected chi connectivity index (χ3v) is 5.28. The molecule has 0 saturated carbocycles. The number of amides is 1. The molecular weight excluding hydrogens is 364 g/mol. The summed E-state index contributed by atoms with van der Waals surface area (Å²) in [6.07, 6.45) is 0. The maximum absolute atomic E-state index is 12.4. The number of carbonyl (C=O) groups excluding carboxylic acids is 1. The average molecular weight is 378 g/mol. The van der Waals surface area contributed by atoms with Crippen molar-refractivity contribution in [1.82, 2.24) is 10.3 Å². The van der Waals surface area contributed by atoms with E-state index in [0.29, 0.717) is 28.6 Å². The third kappa shape index (κ3) is 3.02. The van der Waals surface area contributed by atoms with Crippen molar-refractivity contribution in [3.05, 3.63) is 65.9 Å². The molecule has 7 heteroatoms. The van der Waals surface area contributed by atoms with Crippen LogP contribution in [0.1, 0.15) is 16.1 Å². The van der Waals surface area contributed by atoms with Crippen LogP contribution in [-0.4, -0.2) is 17.7 Å². The summed E-state index contributed by atoms with van der Waals surface area (Å²) < 4.78 is 17.5. The van der Waals surface area contributed by atoms with E-state index >= 15 is 0 Å². The van der Waals surface area contributed by atoms with Gasteiger partial charge in [-0.1, -0.05) is 12.1 Å². The number of hydrogen-bond acceptors (Lipinski definition) is 6. The Labute approximate surface area is 158 Å². The first-order valence-electron chi connectivity index (χ1n) is 8.39. The highest BCUT2D eigenvalue weighted by Gasteiger charge is 2.16. The van der Waals surface area contributed by atoms with E-state index in [1.807, 2.05) is 36.4 Å². The van der Waals surface area contributed by atoms with Crippen LogP contribution in [0.25, 0.3) is 21.0 Å². The number of fused-ring (bicyclic) bond motifs is 2. The predicted octanol–water partition coefficient (Wildman–Crippen LogP) is 4.22. The lowest BCUT2D eigenvalue weighted by Gasteiger charge is -2.04. The van der Waals surface area contributed by atoms with Crippen LogP contribution in [0, 0.1) is 0 Å². The van der Waals surface area contributed by atoms with Gasteiger partial charge in [-0.25, -0.2) is 4.98 Å². The second-order valence-corrected chi connectivity index (χ2v) is 7.03. The Kier molecular flexibility index (Phi) is 3.79. The van der Waals surface area contributed by atoms with Gasteiger partial charge in [-0.2, -0.15) is 0 Å².